The molecule has 27 heavy (non-hydrogen) atoms. The molecule has 6 nitrogen and oxygen atoms in total. The number of hydrogen-bond donors (Lipinski definition) is 1. The lowest BCUT2D eigenvalue weighted by Gasteiger charge is -2.18. The molecule has 7 heteroatoms. The monoisotopic (exact) mass is 386 g/mol. The molecule has 0 unspecified atom stereocenters. The van der Waals surface area contributed by atoms with Gasteiger partial charge in [-0.3, -0.25) is 9.59 Å². The second-order valence-corrected chi connectivity index (χ2v) is 6.71. The summed E-state index contributed by atoms with van der Waals surface area (Å²) in [4.78, 5) is 37.7. The molecule has 1 heterocycles. The summed E-state index contributed by atoms with van der Waals surface area (Å²) in [5, 5.41) is 3.04. The number of aryl methyl sites for hydroxylation is 1. The number of halogens is 1. The zero-order valence-electron chi connectivity index (χ0n) is 14.8. The van der Waals surface area contributed by atoms with Crippen molar-refractivity contribution in [2.24, 2.45) is 0 Å². The van der Waals surface area contributed by atoms with Crippen LogP contribution in [0.5, 0.6) is 0 Å². The SMILES string of the molecule is Cc1ccc(NC(=O)COC(=O)c2ccc(Cl)c(N3CCCC3=O)c2)cc1. The predicted octanol–water partition coefficient (Wildman–Crippen LogP) is 3.57. The third-order valence-electron chi connectivity index (χ3n) is 4.22. The number of carbonyl (C=O) groups is 3. The molecule has 0 spiro atoms. The van der Waals surface area contributed by atoms with Gasteiger partial charge in [0.15, 0.2) is 6.61 Å². The van der Waals surface area contributed by atoms with Gasteiger partial charge in [0.25, 0.3) is 5.91 Å². The number of carbonyl (C=O) groups excluding carboxylic acids is 3. The number of esters is 1. The number of amides is 2. The van der Waals surface area contributed by atoms with E-state index in [4.69, 9.17) is 16.3 Å². The summed E-state index contributed by atoms with van der Waals surface area (Å²) in [6.07, 6.45) is 1.22. The van der Waals surface area contributed by atoms with Gasteiger partial charge < -0.3 is 15.0 Å². The normalized spacial score (nSPS) is 13.6. The summed E-state index contributed by atoms with van der Waals surface area (Å²) in [6.45, 7) is 2.10. The molecule has 2 amide bonds. The smallest absolute Gasteiger partial charge is 0.338 e. The highest BCUT2D eigenvalue weighted by atomic mass is 35.5. The Balaban J connectivity index is 1.61. The number of ether oxygens (including phenoxy) is 1. The molecule has 0 aliphatic carbocycles. The summed E-state index contributed by atoms with van der Waals surface area (Å²) in [7, 11) is 0. The fourth-order valence-corrected chi connectivity index (χ4v) is 3.02. The summed E-state index contributed by atoms with van der Waals surface area (Å²) < 4.78 is 5.07. The third-order valence-corrected chi connectivity index (χ3v) is 4.54. The maximum absolute atomic E-state index is 12.3. The second-order valence-electron chi connectivity index (χ2n) is 6.31. The summed E-state index contributed by atoms with van der Waals surface area (Å²) >= 11 is 6.17. The van der Waals surface area contributed by atoms with E-state index in [2.05, 4.69) is 5.32 Å². The van der Waals surface area contributed by atoms with Crippen molar-refractivity contribution in [1.29, 1.82) is 0 Å². The number of rotatable bonds is 5. The minimum absolute atomic E-state index is 0.0279. The Labute approximate surface area is 162 Å². The van der Waals surface area contributed by atoms with Gasteiger partial charge in [-0.1, -0.05) is 29.3 Å². The average Bonchev–Trinajstić information content (AvgIpc) is 3.08. The largest absolute Gasteiger partial charge is 0.452 e. The van der Waals surface area contributed by atoms with E-state index in [0.717, 1.165) is 12.0 Å². The lowest BCUT2D eigenvalue weighted by atomic mass is 10.2. The summed E-state index contributed by atoms with van der Waals surface area (Å²) in [5.74, 6) is -1.12. The number of benzene rings is 2. The van der Waals surface area contributed by atoms with Crippen LogP contribution in [0.1, 0.15) is 28.8 Å². The van der Waals surface area contributed by atoms with Crippen LogP contribution in [0.3, 0.4) is 0 Å². The van der Waals surface area contributed by atoms with Gasteiger partial charge in [-0.15, -0.1) is 0 Å². The molecule has 1 N–H and O–H groups in total. The van der Waals surface area contributed by atoms with E-state index in [1.807, 2.05) is 19.1 Å². The molecular weight excluding hydrogens is 368 g/mol. The van der Waals surface area contributed by atoms with E-state index in [1.165, 1.54) is 12.1 Å². The highest BCUT2D eigenvalue weighted by Crippen LogP contribution is 2.30. The highest BCUT2D eigenvalue weighted by Gasteiger charge is 2.24. The molecule has 0 atom stereocenters. The minimum Gasteiger partial charge on any atom is -0.452 e. The van der Waals surface area contributed by atoms with Crippen molar-refractivity contribution in [3.05, 3.63) is 58.6 Å². The van der Waals surface area contributed by atoms with Gasteiger partial charge in [-0.25, -0.2) is 4.79 Å². The van der Waals surface area contributed by atoms with E-state index in [9.17, 15) is 14.4 Å². The summed E-state index contributed by atoms with van der Waals surface area (Å²) in [6, 6.07) is 11.9. The van der Waals surface area contributed by atoms with Crippen molar-refractivity contribution in [1.82, 2.24) is 0 Å². The van der Waals surface area contributed by atoms with Gasteiger partial charge in [0, 0.05) is 18.7 Å². The van der Waals surface area contributed by atoms with E-state index in [1.54, 1.807) is 23.1 Å². The van der Waals surface area contributed by atoms with Crippen molar-refractivity contribution in [3.8, 4) is 0 Å². The van der Waals surface area contributed by atoms with Crippen LogP contribution in [-0.2, 0) is 14.3 Å². The maximum Gasteiger partial charge on any atom is 0.338 e. The minimum atomic E-state index is -0.654. The fraction of sp³-hybridized carbons (Fsp3) is 0.250. The molecular formula is C20H19ClN2O4. The molecule has 1 saturated heterocycles. The molecule has 2 aromatic rings. The van der Waals surface area contributed by atoms with E-state index in [-0.39, 0.29) is 11.5 Å². The number of anilines is 2. The maximum atomic E-state index is 12.3. The van der Waals surface area contributed by atoms with Crippen molar-refractivity contribution < 1.29 is 19.1 Å². The van der Waals surface area contributed by atoms with E-state index in [0.29, 0.717) is 29.4 Å². The van der Waals surface area contributed by atoms with Gasteiger partial charge in [0.2, 0.25) is 5.91 Å². The molecule has 140 valence electrons. The van der Waals surface area contributed by atoms with E-state index >= 15 is 0 Å². The van der Waals surface area contributed by atoms with Gasteiger partial charge >= 0.3 is 5.97 Å². The van der Waals surface area contributed by atoms with Crippen LogP contribution < -0.4 is 10.2 Å². The second kappa shape index (κ2) is 8.22. The van der Waals surface area contributed by atoms with Crippen LogP contribution in [0.25, 0.3) is 0 Å². The standard InChI is InChI=1S/C20H19ClN2O4/c1-13-4-7-15(8-5-13)22-18(24)12-27-20(26)14-6-9-16(21)17(11-14)23-10-2-3-19(23)25/h4-9,11H,2-3,10,12H2,1H3,(H,22,24). The first-order chi connectivity index (χ1) is 12.9. The molecule has 2 aromatic carbocycles. The Kier molecular flexibility index (Phi) is 5.76. The first-order valence-corrected chi connectivity index (χ1v) is 8.95. The van der Waals surface area contributed by atoms with Crippen molar-refractivity contribution in [3.63, 3.8) is 0 Å². The number of hydrogen-bond acceptors (Lipinski definition) is 4. The van der Waals surface area contributed by atoms with Crippen LogP contribution >= 0.6 is 11.6 Å². The van der Waals surface area contributed by atoms with Crippen LogP contribution in [0.4, 0.5) is 11.4 Å². The number of nitrogens with one attached hydrogen (secondary N) is 1. The fourth-order valence-electron chi connectivity index (χ4n) is 2.80. The molecule has 3 rings (SSSR count). The van der Waals surface area contributed by atoms with Gasteiger partial charge in [0.1, 0.15) is 0 Å². The first-order valence-electron chi connectivity index (χ1n) is 8.57. The van der Waals surface area contributed by atoms with Gasteiger partial charge in [0.05, 0.1) is 16.3 Å². The Morgan fingerprint density at radius 1 is 1.19 bits per heavy atom. The van der Waals surface area contributed by atoms with E-state index < -0.39 is 18.5 Å². The predicted molar refractivity (Wildman–Crippen MR) is 103 cm³/mol. The average molecular weight is 387 g/mol. The molecule has 0 aromatic heterocycles. The Morgan fingerprint density at radius 2 is 1.93 bits per heavy atom. The van der Waals surface area contributed by atoms with Gasteiger partial charge in [-0.05, 0) is 43.7 Å². The van der Waals surface area contributed by atoms with Crippen molar-refractivity contribution in [2.45, 2.75) is 19.8 Å². The highest BCUT2D eigenvalue weighted by molar-refractivity contribution is 6.34. The number of nitrogens with zero attached hydrogens (tertiary/aromatic N) is 1. The zero-order chi connectivity index (χ0) is 19.4. The van der Waals surface area contributed by atoms with Gasteiger partial charge in [-0.2, -0.15) is 0 Å². The Hall–Kier alpha value is -2.86. The Morgan fingerprint density at radius 3 is 2.59 bits per heavy atom. The molecule has 1 aliphatic heterocycles. The van der Waals surface area contributed by atoms with Crippen LogP contribution in [0.2, 0.25) is 5.02 Å². The quantitative estimate of drug-likeness (QED) is 0.797. The lowest BCUT2D eigenvalue weighted by molar-refractivity contribution is -0.119. The molecule has 0 bridgehead atoms. The van der Waals surface area contributed by atoms with Crippen LogP contribution in [0, 0.1) is 6.92 Å². The Bertz CT molecular complexity index is 880. The first kappa shape index (κ1) is 18.9. The van der Waals surface area contributed by atoms with Crippen molar-refractivity contribution in [2.75, 3.05) is 23.4 Å². The lowest BCUT2D eigenvalue weighted by Crippen LogP contribution is -2.24. The zero-order valence-corrected chi connectivity index (χ0v) is 15.6. The topological polar surface area (TPSA) is 75.7 Å². The third kappa shape index (κ3) is 4.65. The summed E-state index contributed by atoms with van der Waals surface area (Å²) in [5.41, 5.74) is 2.42. The molecule has 1 aliphatic rings. The molecule has 0 saturated carbocycles. The van der Waals surface area contributed by atoms with Crippen molar-refractivity contribution >= 4 is 40.8 Å². The van der Waals surface area contributed by atoms with Crippen LogP contribution in [0.15, 0.2) is 42.5 Å². The molecule has 1 fully saturated rings. The molecule has 0 radical (unpaired) electrons. The van der Waals surface area contributed by atoms with Crippen LogP contribution in [-0.4, -0.2) is 30.9 Å².